The zero-order valence-corrected chi connectivity index (χ0v) is 6.64. The minimum Gasteiger partial charge on any atom is -0.383 e. The maximum Gasteiger partial charge on any atom is 0.203 e. The molecule has 0 spiro atoms. The Kier molecular flexibility index (Phi) is 1.61. The Balaban J connectivity index is 2.96. The van der Waals surface area contributed by atoms with E-state index in [-0.39, 0.29) is 0 Å². The Morgan fingerprint density at radius 3 is 2.30 bits per heavy atom. The molecule has 56 valence electrons. The normalized spacial score (nSPS) is 11.9. The van der Waals surface area contributed by atoms with Crippen molar-refractivity contribution in [3.8, 4) is 0 Å². The summed E-state index contributed by atoms with van der Waals surface area (Å²) in [6, 6.07) is 0. The van der Waals surface area contributed by atoms with Gasteiger partial charge in [0.1, 0.15) is 10.6 Å². The van der Waals surface area contributed by atoms with Gasteiger partial charge >= 0.3 is 0 Å². The van der Waals surface area contributed by atoms with Crippen molar-refractivity contribution in [1.82, 2.24) is 10.2 Å². The van der Waals surface area contributed by atoms with Crippen LogP contribution in [-0.4, -0.2) is 15.3 Å². The van der Waals surface area contributed by atoms with Crippen LogP contribution in [0.5, 0.6) is 0 Å². The molecule has 0 aliphatic rings. The number of hydrogen-bond donors (Lipinski definition) is 2. The van der Waals surface area contributed by atoms with Crippen molar-refractivity contribution in [3.63, 3.8) is 0 Å². The fourth-order valence-corrected chi connectivity index (χ4v) is 1.09. The summed E-state index contributed by atoms with van der Waals surface area (Å²) in [6.45, 7) is 3.29. The Morgan fingerprint density at radius 2 is 2.10 bits per heavy atom. The van der Waals surface area contributed by atoms with Gasteiger partial charge in [-0.1, -0.05) is 11.3 Å². The van der Waals surface area contributed by atoms with Gasteiger partial charge < -0.3 is 10.8 Å². The van der Waals surface area contributed by atoms with Gasteiger partial charge in [0.05, 0.1) is 0 Å². The summed E-state index contributed by atoms with van der Waals surface area (Å²) in [6.07, 6.45) is 0. The highest BCUT2D eigenvalue weighted by Gasteiger charge is 2.20. The maximum absolute atomic E-state index is 9.35. The minimum absolute atomic E-state index is 0.386. The third kappa shape index (κ3) is 1.43. The van der Waals surface area contributed by atoms with Gasteiger partial charge in [0, 0.05) is 0 Å². The standard InChI is InChI=1S/C5H9N3OS/c1-5(2,9)3-7-8-4(6)10-3/h9H,1-2H3,(H2,6,8). The average Bonchev–Trinajstić information content (AvgIpc) is 2.11. The quantitative estimate of drug-likeness (QED) is 0.620. The van der Waals surface area contributed by atoms with Crippen LogP contribution in [-0.2, 0) is 5.60 Å². The van der Waals surface area contributed by atoms with Gasteiger partial charge in [0.2, 0.25) is 5.13 Å². The first-order valence-corrected chi connectivity index (χ1v) is 3.63. The molecule has 3 N–H and O–H groups in total. The average molecular weight is 159 g/mol. The van der Waals surface area contributed by atoms with Crippen LogP contribution in [0, 0.1) is 0 Å². The molecule has 1 aromatic rings. The molecule has 1 rings (SSSR count). The summed E-state index contributed by atoms with van der Waals surface area (Å²) in [5.41, 5.74) is 4.39. The molecule has 0 unspecified atom stereocenters. The Bertz CT molecular complexity index is 227. The highest BCUT2D eigenvalue weighted by atomic mass is 32.1. The van der Waals surface area contributed by atoms with Crippen molar-refractivity contribution in [3.05, 3.63) is 5.01 Å². The molecule has 0 atom stereocenters. The molecule has 0 radical (unpaired) electrons. The van der Waals surface area contributed by atoms with Gasteiger partial charge in [-0.05, 0) is 13.8 Å². The van der Waals surface area contributed by atoms with E-state index in [0.717, 1.165) is 0 Å². The van der Waals surface area contributed by atoms with Gasteiger partial charge in [-0.2, -0.15) is 0 Å². The predicted molar refractivity (Wildman–Crippen MR) is 39.6 cm³/mol. The van der Waals surface area contributed by atoms with Gasteiger partial charge in [-0.15, -0.1) is 10.2 Å². The van der Waals surface area contributed by atoms with Crippen LogP contribution >= 0.6 is 11.3 Å². The lowest BCUT2D eigenvalue weighted by molar-refractivity contribution is 0.0775. The predicted octanol–water partition coefficient (Wildman–Crippen LogP) is 0.348. The van der Waals surface area contributed by atoms with Crippen molar-refractivity contribution >= 4 is 16.5 Å². The second-order valence-electron chi connectivity index (χ2n) is 2.50. The third-order valence-corrected chi connectivity index (χ3v) is 2.03. The molecule has 0 saturated carbocycles. The Hall–Kier alpha value is -0.680. The molecule has 1 heterocycles. The van der Waals surface area contributed by atoms with E-state index in [1.807, 2.05) is 0 Å². The lowest BCUT2D eigenvalue weighted by Gasteiger charge is -2.10. The SMILES string of the molecule is CC(C)(O)c1nnc(N)s1. The number of aromatic nitrogens is 2. The van der Waals surface area contributed by atoms with E-state index in [1.54, 1.807) is 13.8 Å². The van der Waals surface area contributed by atoms with Gasteiger partial charge in [-0.3, -0.25) is 0 Å². The first-order valence-electron chi connectivity index (χ1n) is 2.82. The van der Waals surface area contributed by atoms with Crippen LogP contribution in [0.25, 0.3) is 0 Å². The number of anilines is 1. The summed E-state index contributed by atoms with van der Waals surface area (Å²) in [5.74, 6) is 0. The largest absolute Gasteiger partial charge is 0.383 e. The minimum atomic E-state index is -0.921. The van der Waals surface area contributed by atoms with Gasteiger partial charge in [0.25, 0.3) is 0 Å². The molecule has 0 aromatic carbocycles. The van der Waals surface area contributed by atoms with Crippen LogP contribution < -0.4 is 5.73 Å². The molecule has 0 aliphatic carbocycles. The topological polar surface area (TPSA) is 72.0 Å². The van der Waals surface area contributed by atoms with E-state index in [1.165, 1.54) is 11.3 Å². The Morgan fingerprint density at radius 1 is 1.50 bits per heavy atom. The summed E-state index contributed by atoms with van der Waals surface area (Å²) >= 11 is 1.20. The molecule has 0 bridgehead atoms. The van der Waals surface area contributed by atoms with Crippen molar-refractivity contribution in [2.45, 2.75) is 19.4 Å². The molecular weight excluding hydrogens is 150 g/mol. The van der Waals surface area contributed by atoms with E-state index in [0.29, 0.717) is 10.1 Å². The molecule has 0 saturated heterocycles. The van der Waals surface area contributed by atoms with E-state index < -0.39 is 5.60 Å². The molecule has 1 aromatic heterocycles. The molecule has 4 nitrogen and oxygen atoms in total. The molecule has 5 heteroatoms. The third-order valence-electron chi connectivity index (χ3n) is 0.964. The van der Waals surface area contributed by atoms with Crippen LogP contribution in [0.4, 0.5) is 5.13 Å². The lowest BCUT2D eigenvalue weighted by atomic mass is 10.2. The molecule has 10 heavy (non-hydrogen) atoms. The van der Waals surface area contributed by atoms with Crippen molar-refractivity contribution in [2.24, 2.45) is 0 Å². The van der Waals surface area contributed by atoms with Crippen LogP contribution in [0.1, 0.15) is 18.9 Å². The van der Waals surface area contributed by atoms with Crippen LogP contribution in [0.3, 0.4) is 0 Å². The summed E-state index contributed by atoms with van der Waals surface area (Å²) < 4.78 is 0. The van der Waals surface area contributed by atoms with E-state index >= 15 is 0 Å². The number of nitrogen functional groups attached to an aromatic ring is 1. The van der Waals surface area contributed by atoms with Crippen LogP contribution in [0.15, 0.2) is 0 Å². The fourth-order valence-electron chi connectivity index (χ4n) is 0.482. The number of rotatable bonds is 1. The number of nitrogens with zero attached hydrogens (tertiary/aromatic N) is 2. The van der Waals surface area contributed by atoms with Gasteiger partial charge in [-0.25, -0.2) is 0 Å². The highest BCUT2D eigenvalue weighted by molar-refractivity contribution is 7.15. The second kappa shape index (κ2) is 2.17. The van der Waals surface area contributed by atoms with Crippen molar-refractivity contribution < 1.29 is 5.11 Å². The first-order chi connectivity index (χ1) is 4.50. The number of hydrogen-bond acceptors (Lipinski definition) is 5. The fraction of sp³-hybridized carbons (Fsp3) is 0.600. The molecular formula is C5H9N3OS. The van der Waals surface area contributed by atoms with E-state index in [9.17, 15) is 5.11 Å². The van der Waals surface area contributed by atoms with E-state index in [2.05, 4.69) is 10.2 Å². The Labute approximate surface area is 62.7 Å². The van der Waals surface area contributed by atoms with Gasteiger partial charge in [0.15, 0.2) is 0 Å². The first kappa shape index (κ1) is 7.43. The zero-order valence-electron chi connectivity index (χ0n) is 5.83. The lowest BCUT2D eigenvalue weighted by Crippen LogP contribution is -2.14. The second-order valence-corrected chi connectivity index (χ2v) is 3.51. The van der Waals surface area contributed by atoms with Crippen molar-refractivity contribution in [2.75, 3.05) is 5.73 Å². The monoisotopic (exact) mass is 159 g/mol. The number of nitrogens with two attached hydrogens (primary N) is 1. The molecule has 0 aliphatic heterocycles. The summed E-state index contributed by atoms with van der Waals surface area (Å²) in [7, 11) is 0. The number of aliphatic hydroxyl groups is 1. The molecule has 0 fully saturated rings. The van der Waals surface area contributed by atoms with Crippen molar-refractivity contribution in [1.29, 1.82) is 0 Å². The maximum atomic E-state index is 9.35. The smallest absolute Gasteiger partial charge is 0.203 e. The zero-order chi connectivity index (χ0) is 7.78. The highest BCUT2D eigenvalue weighted by Crippen LogP contribution is 2.23. The summed E-state index contributed by atoms with van der Waals surface area (Å²) in [4.78, 5) is 0. The van der Waals surface area contributed by atoms with Crippen LogP contribution in [0.2, 0.25) is 0 Å². The molecule has 0 amide bonds. The van der Waals surface area contributed by atoms with E-state index in [4.69, 9.17) is 5.73 Å². The summed E-state index contributed by atoms with van der Waals surface area (Å²) in [5, 5.41) is 17.5.